The zero-order valence-electron chi connectivity index (χ0n) is 32.2. The lowest BCUT2D eigenvalue weighted by Gasteiger charge is -2.44. The van der Waals surface area contributed by atoms with E-state index in [1.165, 1.54) is 96.0 Å². The van der Waals surface area contributed by atoms with Crippen LogP contribution in [0.1, 0.15) is 136 Å². The van der Waals surface area contributed by atoms with Crippen LogP contribution >= 0.6 is 0 Å². The van der Waals surface area contributed by atoms with E-state index in [1.54, 1.807) is 76.8 Å². The molecule has 0 atom stereocenters. The SMILES string of the molecule is Cc1cc(C)c(B2c3cc(C)cc4c3-n3c5c2c2c(cc5c5cc6c(c(c53)B4c3c(C)cc(C)cc3C)C3CCC6CC3)C3CCC2CC3)c(C)c1. The van der Waals surface area contributed by atoms with Crippen LogP contribution in [0.2, 0.25) is 0 Å². The zero-order valence-corrected chi connectivity index (χ0v) is 32.2. The minimum atomic E-state index is 0.246. The van der Waals surface area contributed by atoms with E-state index in [2.05, 4.69) is 102 Å². The summed E-state index contributed by atoms with van der Waals surface area (Å²) >= 11 is 0. The number of benzene rings is 5. The maximum Gasteiger partial charge on any atom is 0.247 e. The number of hydrogen-bond acceptors (Lipinski definition) is 0. The molecule has 256 valence electrons. The van der Waals surface area contributed by atoms with Gasteiger partial charge in [-0.3, -0.25) is 0 Å². The Balaban J connectivity index is 1.35. The first-order chi connectivity index (χ1) is 25.2. The van der Waals surface area contributed by atoms with Crippen LogP contribution in [0, 0.1) is 48.5 Å². The molecule has 6 aliphatic carbocycles. The molecule has 0 radical (unpaired) electrons. The van der Waals surface area contributed by atoms with Gasteiger partial charge in [-0.25, -0.2) is 0 Å². The summed E-state index contributed by atoms with van der Waals surface area (Å²) in [5.74, 6) is 2.78. The van der Waals surface area contributed by atoms with Gasteiger partial charge in [-0.2, -0.15) is 0 Å². The summed E-state index contributed by atoms with van der Waals surface area (Å²) in [6.07, 6.45) is 10.9. The van der Waals surface area contributed by atoms with Gasteiger partial charge in [0.25, 0.3) is 0 Å². The minimum absolute atomic E-state index is 0.246. The van der Waals surface area contributed by atoms with Gasteiger partial charge < -0.3 is 4.57 Å². The molecular weight excluding hydrogens is 624 g/mol. The lowest BCUT2D eigenvalue weighted by Crippen LogP contribution is -2.65. The van der Waals surface area contributed by atoms with Gasteiger partial charge in [0.15, 0.2) is 0 Å². The van der Waals surface area contributed by atoms with Gasteiger partial charge in [-0.05, 0) is 180 Å². The van der Waals surface area contributed by atoms with Crippen molar-refractivity contribution >= 4 is 68.0 Å². The fourth-order valence-corrected chi connectivity index (χ4v) is 14.0. The molecule has 0 unspecified atom stereocenters. The Morgan fingerprint density at radius 2 is 0.769 bits per heavy atom. The predicted octanol–water partition coefficient (Wildman–Crippen LogP) is 8.11. The Morgan fingerprint density at radius 3 is 1.15 bits per heavy atom. The maximum atomic E-state index is 2.90. The van der Waals surface area contributed by atoms with Crippen LogP contribution in [0.15, 0.2) is 48.5 Å². The molecular formula is C49H49B2N. The van der Waals surface area contributed by atoms with E-state index in [0.717, 1.165) is 0 Å². The van der Waals surface area contributed by atoms with Crippen LogP contribution in [0.3, 0.4) is 0 Å². The van der Waals surface area contributed by atoms with Gasteiger partial charge in [0.2, 0.25) is 13.4 Å². The van der Waals surface area contributed by atoms with E-state index in [1.807, 2.05) is 0 Å². The average molecular weight is 674 g/mol. The van der Waals surface area contributed by atoms with Crippen LogP contribution in [-0.4, -0.2) is 18.0 Å². The van der Waals surface area contributed by atoms with E-state index in [0.29, 0.717) is 23.7 Å². The third-order valence-electron chi connectivity index (χ3n) is 15.5. The van der Waals surface area contributed by atoms with Crippen molar-refractivity contribution in [3.8, 4) is 5.69 Å². The van der Waals surface area contributed by atoms with Crippen molar-refractivity contribution in [3.05, 3.63) is 110 Å². The molecule has 0 amide bonds. The Hall–Kier alpha value is -3.97. The standard InChI is InChI=1S/C49H49B2N/c1-24-16-27(4)43(28(5)17-24)50-39-20-26(3)21-40-49(39)52-47-37(22-35-31-8-12-33(13-9-31)41(35)45(47)50)38-23-36-32-10-14-34(15-11-32)42(36)46(48(38)52)51(40)44-29(6)18-25(2)19-30(44)7/h16-23,31-34H,8-15H2,1-7H3. The predicted molar refractivity (Wildman–Crippen MR) is 224 cm³/mol. The molecule has 8 aliphatic rings. The van der Waals surface area contributed by atoms with Crippen LogP contribution in [-0.2, 0) is 0 Å². The quantitative estimate of drug-likeness (QED) is 0.164. The Bertz CT molecular complexity index is 2420. The molecule has 0 spiro atoms. The fourth-order valence-electron chi connectivity index (χ4n) is 14.0. The molecule has 2 saturated carbocycles. The first kappa shape index (κ1) is 30.5. The van der Waals surface area contributed by atoms with E-state index in [-0.39, 0.29) is 13.4 Å². The normalized spacial score (nSPS) is 23.0. The van der Waals surface area contributed by atoms with Gasteiger partial charge in [0, 0.05) is 27.5 Å². The Labute approximate surface area is 310 Å². The van der Waals surface area contributed by atoms with Gasteiger partial charge in [0.05, 0.1) is 0 Å². The molecule has 14 rings (SSSR count). The van der Waals surface area contributed by atoms with Gasteiger partial charge in [-0.1, -0.05) is 86.3 Å². The molecule has 3 heteroatoms. The van der Waals surface area contributed by atoms with Crippen LogP contribution in [0.5, 0.6) is 0 Å². The zero-order chi connectivity index (χ0) is 35.1. The van der Waals surface area contributed by atoms with Crippen molar-refractivity contribution in [2.75, 3.05) is 0 Å². The van der Waals surface area contributed by atoms with Gasteiger partial charge >= 0.3 is 0 Å². The van der Waals surface area contributed by atoms with Crippen molar-refractivity contribution in [1.82, 2.24) is 4.57 Å². The Kier molecular flexibility index (Phi) is 5.96. The molecule has 0 saturated heterocycles. The van der Waals surface area contributed by atoms with E-state index < -0.39 is 0 Å². The van der Waals surface area contributed by atoms with Crippen molar-refractivity contribution in [1.29, 1.82) is 0 Å². The molecule has 52 heavy (non-hydrogen) atoms. The van der Waals surface area contributed by atoms with Crippen molar-refractivity contribution < 1.29 is 0 Å². The lowest BCUT2D eigenvalue weighted by molar-refractivity contribution is 0.360. The number of fused-ring (bicyclic) bond motifs is 5. The summed E-state index contributed by atoms with van der Waals surface area (Å²) in [7, 11) is 0. The lowest BCUT2D eigenvalue weighted by atomic mass is 9.29. The van der Waals surface area contributed by atoms with E-state index >= 15 is 0 Å². The number of aromatic nitrogens is 1. The minimum Gasteiger partial charge on any atom is -0.311 e. The van der Waals surface area contributed by atoms with E-state index in [9.17, 15) is 0 Å². The summed E-state index contributed by atoms with van der Waals surface area (Å²) in [4.78, 5) is 0. The topological polar surface area (TPSA) is 4.93 Å². The first-order valence-corrected chi connectivity index (χ1v) is 20.7. The highest BCUT2D eigenvalue weighted by atomic mass is 15.0. The second-order valence-electron chi connectivity index (χ2n) is 18.6. The number of hydrogen-bond donors (Lipinski definition) is 0. The smallest absolute Gasteiger partial charge is 0.247 e. The van der Waals surface area contributed by atoms with Crippen LogP contribution in [0.25, 0.3) is 27.5 Å². The average Bonchev–Trinajstić information content (AvgIpc) is 3.44. The van der Waals surface area contributed by atoms with Crippen molar-refractivity contribution in [3.63, 3.8) is 0 Å². The molecule has 0 N–H and O–H groups in total. The molecule has 2 fully saturated rings. The highest BCUT2D eigenvalue weighted by Gasteiger charge is 2.49. The third kappa shape index (κ3) is 3.64. The molecule has 3 heterocycles. The highest BCUT2D eigenvalue weighted by Crippen LogP contribution is 2.54. The summed E-state index contributed by atoms with van der Waals surface area (Å²) in [5.41, 5.74) is 31.2. The van der Waals surface area contributed by atoms with Crippen molar-refractivity contribution in [2.24, 2.45) is 0 Å². The van der Waals surface area contributed by atoms with Crippen LogP contribution in [0.4, 0.5) is 0 Å². The van der Waals surface area contributed by atoms with Crippen LogP contribution < -0.4 is 32.8 Å². The first-order valence-electron chi connectivity index (χ1n) is 20.7. The number of rotatable bonds is 2. The van der Waals surface area contributed by atoms with Gasteiger partial charge in [-0.15, -0.1) is 0 Å². The van der Waals surface area contributed by atoms with Gasteiger partial charge in [0.1, 0.15) is 0 Å². The molecule has 2 aliphatic heterocycles. The third-order valence-corrected chi connectivity index (χ3v) is 15.5. The summed E-state index contributed by atoms with van der Waals surface area (Å²) in [6.45, 7) is 17.1. The molecule has 5 aromatic carbocycles. The molecule has 1 nitrogen and oxygen atoms in total. The maximum absolute atomic E-state index is 2.90. The summed E-state index contributed by atoms with van der Waals surface area (Å²) < 4.78 is 2.90. The second kappa shape index (κ2) is 10.2. The number of aryl methyl sites for hydroxylation is 7. The second-order valence-corrected chi connectivity index (χ2v) is 18.6. The Morgan fingerprint density at radius 1 is 0.423 bits per heavy atom. The highest BCUT2D eigenvalue weighted by molar-refractivity contribution is 7.02. The summed E-state index contributed by atoms with van der Waals surface area (Å²) in [6, 6.07) is 20.7. The fraction of sp³-hybridized carbons (Fsp3) is 0.388. The molecule has 1 aromatic heterocycles. The largest absolute Gasteiger partial charge is 0.311 e. The molecule has 6 aromatic rings. The molecule has 4 bridgehead atoms. The number of nitrogens with zero attached hydrogens (tertiary/aromatic N) is 1. The van der Waals surface area contributed by atoms with E-state index in [4.69, 9.17) is 0 Å². The summed E-state index contributed by atoms with van der Waals surface area (Å²) in [5, 5.41) is 3.12. The monoisotopic (exact) mass is 673 g/mol. The van der Waals surface area contributed by atoms with Crippen molar-refractivity contribution in [2.45, 2.75) is 124 Å².